The van der Waals surface area contributed by atoms with Crippen LogP contribution in [0.5, 0.6) is 0 Å². The van der Waals surface area contributed by atoms with E-state index in [4.69, 9.17) is 9.15 Å². The van der Waals surface area contributed by atoms with Crippen LogP contribution in [0.3, 0.4) is 0 Å². The van der Waals surface area contributed by atoms with Gasteiger partial charge in [0, 0.05) is 24.7 Å². The molecule has 1 saturated heterocycles. The quantitative estimate of drug-likeness (QED) is 0.807. The normalized spacial score (nSPS) is 17.8. The number of rotatable bonds is 5. The minimum Gasteiger partial charge on any atom is -0.408 e. The Morgan fingerprint density at radius 1 is 1.17 bits per heavy atom. The summed E-state index contributed by atoms with van der Waals surface area (Å²) in [5.74, 6) is 0.162. The molecule has 1 fully saturated rings. The van der Waals surface area contributed by atoms with Crippen molar-refractivity contribution in [2.24, 2.45) is 0 Å². The smallest absolute Gasteiger partial charge is 0.335 e. The van der Waals surface area contributed by atoms with Gasteiger partial charge in [0.1, 0.15) is 0 Å². The van der Waals surface area contributed by atoms with Crippen LogP contribution in [-0.4, -0.2) is 61.6 Å². The Bertz CT molecular complexity index is 780. The molecular formula is C16H21N3O4S. The molecule has 1 aliphatic heterocycles. The lowest BCUT2D eigenvalue weighted by atomic mass is 10.1. The Labute approximate surface area is 141 Å². The van der Waals surface area contributed by atoms with Crippen LogP contribution in [0, 0.1) is 6.92 Å². The lowest BCUT2D eigenvalue weighted by Gasteiger charge is -2.31. The third-order valence-electron chi connectivity index (χ3n) is 4.10. The number of sulfone groups is 1. The SMILES string of the molecule is Cc1ccc(-c2nnc(S(=O)(=O)CC(C)N3CCOCC3)o2)cc1. The maximum Gasteiger partial charge on any atom is 0.335 e. The highest BCUT2D eigenvalue weighted by atomic mass is 32.2. The van der Waals surface area contributed by atoms with Crippen LogP contribution in [0.15, 0.2) is 33.9 Å². The number of nitrogens with zero attached hydrogens (tertiary/aromatic N) is 3. The average Bonchev–Trinajstić information content (AvgIpc) is 3.07. The zero-order valence-electron chi connectivity index (χ0n) is 13.8. The summed E-state index contributed by atoms with van der Waals surface area (Å²) in [6.07, 6.45) is 0. The van der Waals surface area contributed by atoms with Crippen molar-refractivity contribution in [1.29, 1.82) is 0 Å². The Balaban J connectivity index is 1.74. The first-order valence-corrected chi connectivity index (χ1v) is 9.56. The van der Waals surface area contributed by atoms with E-state index in [1.807, 2.05) is 38.1 Å². The zero-order valence-corrected chi connectivity index (χ0v) is 14.6. The van der Waals surface area contributed by atoms with Crippen molar-refractivity contribution in [3.63, 3.8) is 0 Å². The van der Waals surface area contributed by atoms with E-state index in [0.29, 0.717) is 18.8 Å². The van der Waals surface area contributed by atoms with Gasteiger partial charge in [-0.05, 0) is 26.0 Å². The van der Waals surface area contributed by atoms with Crippen LogP contribution in [0.1, 0.15) is 12.5 Å². The second-order valence-electron chi connectivity index (χ2n) is 6.02. The maximum atomic E-state index is 12.5. The van der Waals surface area contributed by atoms with Crippen LogP contribution in [-0.2, 0) is 14.6 Å². The molecule has 0 radical (unpaired) electrons. The molecule has 1 aromatic carbocycles. The molecule has 3 rings (SSSR count). The predicted octanol–water partition coefficient (Wildman–Crippen LogP) is 1.54. The topological polar surface area (TPSA) is 85.5 Å². The van der Waals surface area contributed by atoms with Gasteiger partial charge >= 0.3 is 5.22 Å². The van der Waals surface area contributed by atoms with E-state index >= 15 is 0 Å². The maximum absolute atomic E-state index is 12.5. The summed E-state index contributed by atoms with van der Waals surface area (Å²) in [5.41, 5.74) is 1.81. The van der Waals surface area contributed by atoms with Crippen LogP contribution >= 0.6 is 0 Å². The lowest BCUT2D eigenvalue weighted by molar-refractivity contribution is 0.0243. The summed E-state index contributed by atoms with van der Waals surface area (Å²) >= 11 is 0. The standard InChI is InChI=1S/C16H21N3O4S/c1-12-3-5-14(6-4-12)15-17-18-16(23-15)24(20,21)11-13(2)19-7-9-22-10-8-19/h3-6,13H,7-11H2,1-2H3. The first-order chi connectivity index (χ1) is 11.5. The molecule has 0 spiro atoms. The van der Waals surface area contributed by atoms with Crippen LogP contribution in [0.25, 0.3) is 11.5 Å². The molecule has 0 aliphatic carbocycles. The van der Waals surface area contributed by atoms with E-state index in [1.54, 1.807) is 0 Å². The summed E-state index contributed by atoms with van der Waals surface area (Å²) in [5, 5.41) is 7.29. The fraction of sp³-hybridized carbons (Fsp3) is 0.500. The number of benzene rings is 1. The summed E-state index contributed by atoms with van der Waals surface area (Å²) in [6.45, 7) is 6.58. The van der Waals surface area contributed by atoms with E-state index in [9.17, 15) is 8.42 Å². The number of aromatic nitrogens is 2. The van der Waals surface area contributed by atoms with Gasteiger partial charge in [-0.2, -0.15) is 0 Å². The first-order valence-electron chi connectivity index (χ1n) is 7.91. The molecule has 24 heavy (non-hydrogen) atoms. The van der Waals surface area contributed by atoms with Crippen molar-refractivity contribution in [3.8, 4) is 11.5 Å². The molecule has 7 nitrogen and oxygen atoms in total. The molecule has 130 valence electrons. The second kappa shape index (κ2) is 7.00. The van der Waals surface area contributed by atoms with Crippen molar-refractivity contribution in [2.75, 3.05) is 32.1 Å². The van der Waals surface area contributed by atoms with Gasteiger partial charge in [-0.3, -0.25) is 4.90 Å². The summed E-state index contributed by atoms with van der Waals surface area (Å²) in [6, 6.07) is 7.35. The Kier molecular flexibility index (Phi) is 4.98. The third-order valence-corrected chi connectivity index (χ3v) is 5.72. The molecule has 0 N–H and O–H groups in total. The van der Waals surface area contributed by atoms with E-state index in [0.717, 1.165) is 18.7 Å². The van der Waals surface area contributed by atoms with E-state index in [-0.39, 0.29) is 22.9 Å². The van der Waals surface area contributed by atoms with Gasteiger partial charge in [-0.15, -0.1) is 5.10 Å². The summed E-state index contributed by atoms with van der Waals surface area (Å²) in [7, 11) is -3.63. The Hall–Kier alpha value is -1.77. The molecule has 1 atom stereocenters. The monoisotopic (exact) mass is 351 g/mol. The van der Waals surface area contributed by atoms with Gasteiger partial charge in [0.15, 0.2) is 0 Å². The molecule has 0 bridgehead atoms. The van der Waals surface area contributed by atoms with Crippen molar-refractivity contribution in [2.45, 2.75) is 25.1 Å². The number of hydrogen-bond donors (Lipinski definition) is 0. The third kappa shape index (κ3) is 3.82. The van der Waals surface area contributed by atoms with Crippen LogP contribution < -0.4 is 0 Å². The average molecular weight is 351 g/mol. The predicted molar refractivity (Wildman–Crippen MR) is 88.4 cm³/mol. The molecular weight excluding hydrogens is 330 g/mol. The van der Waals surface area contributed by atoms with E-state index in [1.165, 1.54) is 0 Å². The number of hydrogen-bond acceptors (Lipinski definition) is 7. The molecule has 1 unspecified atom stereocenters. The van der Waals surface area contributed by atoms with Crippen LogP contribution in [0.4, 0.5) is 0 Å². The van der Waals surface area contributed by atoms with Crippen molar-refractivity contribution in [3.05, 3.63) is 29.8 Å². The summed E-state index contributed by atoms with van der Waals surface area (Å²) in [4.78, 5) is 2.10. The highest BCUT2D eigenvalue weighted by Crippen LogP contribution is 2.21. The molecule has 0 saturated carbocycles. The molecule has 2 heterocycles. The lowest BCUT2D eigenvalue weighted by Crippen LogP contribution is -2.45. The van der Waals surface area contributed by atoms with Crippen molar-refractivity contribution >= 4 is 9.84 Å². The van der Waals surface area contributed by atoms with Crippen LogP contribution in [0.2, 0.25) is 0 Å². The van der Waals surface area contributed by atoms with Gasteiger partial charge in [-0.25, -0.2) is 8.42 Å². The highest BCUT2D eigenvalue weighted by Gasteiger charge is 2.28. The number of aryl methyl sites for hydroxylation is 1. The van der Waals surface area contributed by atoms with Gasteiger partial charge < -0.3 is 9.15 Å². The highest BCUT2D eigenvalue weighted by molar-refractivity contribution is 7.91. The fourth-order valence-electron chi connectivity index (χ4n) is 2.66. The van der Waals surface area contributed by atoms with Gasteiger partial charge in [0.25, 0.3) is 0 Å². The van der Waals surface area contributed by atoms with Crippen molar-refractivity contribution < 1.29 is 17.6 Å². The number of morpholine rings is 1. The Morgan fingerprint density at radius 2 is 1.83 bits per heavy atom. The van der Waals surface area contributed by atoms with E-state index < -0.39 is 9.84 Å². The van der Waals surface area contributed by atoms with Gasteiger partial charge in [0.2, 0.25) is 15.7 Å². The van der Waals surface area contributed by atoms with E-state index in [2.05, 4.69) is 15.1 Å². The first kappa shape index (κ1) is 17.1. The number of ether oxygens (including phenoxy) is 1. The largest absolute Gasteiger partial charge is 0.408 e. The minimum atomic E-state index is -3.63. The molecule has 8 heteroatoms. The van der Waals surface area contributed by atoms with Gasteiger partial charge in [-0.1, -0.05) is 22.8 Å². The molecule has 1 aliphatic rings. The zero-order chi connectivity index (χ0) is 17.2. The Morgan fingerprint density at radius 3 is 2.50 bits per heavy atom. The minimum absolute atomic E-state index is 0.0530. The summed E-state index contributed by atoms with van der Waals surface area (Å²) < 4.78 is 35.8. The molecule has 2 aromatic rings. The van der Waals surface area contributed by atoms with Crippen molar-refractivity contribution in [1.82, 2.24) is 15.1 Å². The molecule has 0 amide bonds. The van der Waals surface area contributed by atoms with Gasteiger partial charge in [0.05, 0.1) is 19.0 Å². The molecule has 1 aromatic heterocycles. The second-order valence-corrected chi connectivity index (χ2v) is 7.93. The fourth-order valence-corrected chi connectivity index (χ4v) is 4.02.